The summed E-state index contributed by atoms with van der Waals surface area (Å²) in [7, 11) is -3.19. The van der Waals surface area contributed by atoms with Crippen molar-refractivity contribution in [2.24, 2.45) is 0 Å². The Bertz CT molecular complexity index is 881. The van der Waals surface area contributed by atoms with Gasteiger partial charge < -0.3 is 4.90 Å². The Balaban J connectivity index is 1.91. The van der Waals surface area contributed by atoms with Crippen molar-refractivity contribution < 1.29 is 22.0 Å². The first kappa shape index (κ1) is 17.5. The van der Waals surface area contributed by atoms with Crippen molar-refractivity contribution in [3.8, 4) is 0 Å². The van der Waals surface area contributed by atoms with E-state index in [0.29, 0.717) is 12.0 Å². The fourth-order valence-corrected chi connectivity index (χ4v) is 4.71. The summed E-state index contributed by atoms with van der Waals surface area (Å²) in [5, 5.41) is 0. The van der Waals surface area contributed by atoms with Crippen molar-refractivity contribution in [1.82, 2.24) is 4.90 Å². The molecule has 0 saturated carbocycles. The number of halogens is 2. The molecule has 1 fully saturated rings. The number of carbonyl (C=O) groups is 1. The molecule has 0 radical (unpaired) electrons. The zero-order chi connectivity index (χ0) is 18.0. The summed E-state index contributed by atoms with van der Waals surface area (Å²) < 4.78 is 50.2. The number of sulfone groups is 1. The van der Waals surface area contributed by atoms with Gasteiger partial charge >= 0.3 is 0 Å². The summed E-state index contributed by atoms with van der Waals surface area (Å²) in [4.78, 5) is 14.3. The number of rotatable bonds is 4. The zero-order valence-corrected chi connectivity index (χ0v) is 14.2. The van der Waals surface area contributed by atoms with Crippen LogP contribution in [0.5, 0.6) is 0 Å². The first-order valence-corrected chi connectivity index (χ1v) is 9.67. The maximum absolute atomic E-state index is 13.4. The van der Waals surface area contributed by atoms with Crippen LogP contribution in [0.2, 0.25) is 0 Å². The molecule has 1 amide bonds. The summed E-state index contributed by atoms with van der Waals surface area (Å²) in [5.74, 6) is -1.38. The molecule has 4 nitrogen and oxygen atoms in total. The monoisotopic (exact) mass is 365 g/mol. The number of benzene rings is 2. The SMILES string of the molecule is O=C(c1ccc(F)cc1)N(Cc1cccc(F)c1)[C@@H]1CCS(=O)(=O)C1. The minimum Gasteiger partial charge on any atom is -0.330 e. The third-order valence-corrected chi connectivity index (χ3v) is 5.99. The number of amides is 1. The van der Waals surface area contributed by atoms with Crippen molar-refractivity contribution in [3.63, 3.8) is 0 Å². The van der Waals surface area contributed by atoms with Crippen molar-refractivity contribution in [2.75, 3.05) is 11.5 Å². The van der Waals surface area contributed by atoms with Crippen molar-refractivity contribution in [3.05, 3.63) is 71.3 Å². The Kier molecular flexibility index (Phi) is 4.85. The van der Waals surface area contributed by atoms with Crippen LogP contribution in [0.4, 0.5) is 8.78 Å². The minimum atomic E-state index is -3.19. The molecule has 7 heteroatoms. The Morgan fingerprint density at radius 2 is 1.80 bits per heavy atom. The molecule has 2 aromatic rings. The molecule has 0 aromatic heterocycles. The lowest BCUT2D eigenvalue weighted by Gasteiger charge is -2.28. The van der Waals surface area contributed by atoms with E-state index in [1.54, 1.807) is 6.07 Å². The quantitative estimate of drug-likeness (QED) is 0.837. The first-order valence-electron chi connectivity index (χ1n) is 7.85. The van der Waals surface area contributed by atoms with Crippen LogP contribution in [0.25, 0.3) is 0 Å². The number of nitrogens with zero attached hydrogens (tertiary/aromatic N) is 1. The zero-order valence-electron chi connectivity index (χ0n) is 13.4. The second-order valence-corrected chi connectivity index (χ2v) is 8.36. The highest BCUT2D eigenvalue weighted by Crippen LogP contribution is 2.23. The highest BCUT2D eigenvalue weighted by Gasteiger charge is 2.35. The predicted molar refractivity (Wildman–Crippen MR) is 89.7 cm³/mol. The Morgan fingerprint density at radius 3 is 2.40 bits per heavy atom. The van der Waals surface area contributed by atoms with Crippen LogP contribution >= 0.6 is 0 Å². The number of carbonyl (C=O) groups excluding carboxylic acids is 1. The normalized spacial score (nSPS) is 18.9. The van der Waals surface area contributed by atoms with E-state index in [1.165, 1.54) is 47.4 Å². The van der Waals surface area contributed by atoms with Gasteiger partial charge in [0.15, 0.2) is 9.84 Å². The smallest absolute Gasteiger partial charge is 0.254 e. The topological polar surface area (TPSA) is 54.5 Å². The van der Waals surface area contributed by atoms with Gasteiger partial charge in [0.2, 0.25) is 0 Å². The van der Waals surface area contributed by atoms with Crippen LogP contribution in [-0.4, -0.2) is 36.8 Å². The third kappa shape index (κ3) is 4.22. The van der Waals surface area contributed by atoms with Gasteiger partial charge in [0.25, 0.3) is 5.91 Å². The predicted octanol–water partition coefficient (Wildman–Crippen LogP) is 2.79. The molecular weight excluding hydrogens is 348 g/mol. The Labute approximate surface area is 145 Å². The molecule has 2 aromatic carbocycles. The lowest BCUT2D eigenvalue weighted by Crippen LogP contribution is -2.40. The van der Waals surface area contributed by atoms with Gasteiger partial charge in [0.05, 0.1) is 11.5 Å². The van der Waals surface area contributed by atoms with E-state index in [-0.39, 0.29) is 23.6 Å². The van der Waals surface area contributed by atoms with Crippen LogP contribution in [0.15, 0.2) is 48.5 Å². The fraction of sp³-hybridized carbons (Fsp3) is 0.278. The molecule has 0 aliphatic carbocycles. The summed E-state index contributed by atoms with van der Waals surface area (Å²) in [6, 6.07) is 10.4. The summed E-state index contributed by atoms with van der Waals surface area (Å²) in [6.45, 7) is 0.0914. The molecule has 0 N–H and O–H groups in total. The minimum absolute atomic E-state index is 0.0218. The molecule has 0 bridgehead atoms. The van der Waals surface area contributed by atoms with E-state index in [1.807, 2.05) is 0 Å². The maximum Gasteiger partial charge on any atom is 0.254 e. The molecule has 25 heavy (non-hydrogen) atoms. The third-order valence-electron chi connectivity index (χ3n) is 4.24. The summed E-state index contributed by atoms with van der Waals surface area (Å²) >= 11 is 0. The molecule has 1 aliphatic rings. The Morgan fingerprint density at radius 1 is 1.08 bits per heavy atom. The molecule has 132 valence electrons. The van der Waals surface area contributed by atoms with Crippen LogP contribution in [-0.2, 0) is 16.4 Å². The molecular formula is C18H17F2NO3S. The second-order valence-electron chi connectivity index (χ2n) is 6.13. The van der Waals surface area contributed by atoms with Crippen LogP contribution in [0.3, 0.4) is 0 Å². The molecule has 0 unspecified atom stereocenters. The van der Waals surface area contributed by atoms with Gasteiger partial charge in [-0.3, -0.25) is 4.79 Å². The van der Waals surface area contributed by atoms with Gasteiger partial charge in [0, 0.05) is 18.2 Å². The summed E-state index contributed by atoms with van der Waals surface area (Å²) in [5.41, 5.74) is 0.835. The van der Waals surface area contributed by atoms with Gasteiger partial charge in [0.1, 0.15) is 11.6 Å². The van der Waals surface area contributed by atoms with Gasteiger partial charge in [-0.25, -0.2) is 17.2 Å². The van der Waals surface area contributed by atoms with Crippen molar-refractivity contribution >= 4 is 15.7 Å². The standard InChI is InChI=1S/C18H17F2NO3S/c19-15-6-4-14(5-7-15)18(22)21(17-8-9-25(23,24)12-17)11-13-2-1-3-16(20)10-13/h1-7,10,17H,8-9,11-12H2/t17-/m1/s1. The van der Waals surface area contributed by atoms with Crippen LogP contribution in [0, 0.1) is 11.6 Å². The second kappa shape index (κ2) is 6.92. The largest absolute Gasteiger partial charge is 0.330 e. The number of hydrogen-bond acceptors (Lipinski definition) is 3. The first-order chi connectivity index (χ1) is 11.8. The van der Waals surface area contributed by atoms with Gasteiger partial charge in [-0.05, 0) is 48.4 Å². The highest BCUT2D eigenvalue weighted by molar-refractivity contribution is 7.91. The van der Waals surface area contributed by atoms with E-state index in [4.69, 9.17) is 0 Å². The lowest BCUT2D eigenvalue weighted by molar-refractivity contribution is 0.0680. The van der Waals surface area contributed by atoms with Gasteiger partial charge in [-0.15, -0.1) is 0 Å². The average Bonchev–Trinajstić information content (AvgIpc) is 2.92. The van der Waals surface area contributed by atoms with E-state index in [9.17, 15) is 22.0 Å². The summed E-state index contributed by atoms with van der Waals surface area (Å²) in [6.07, 6.45) is 0.338. The van der Waals surface area contributed by atoms with Gasteiger partial charge in [-0.2, -0.15) is 0 Å². The van der Waals surface area contributed by atoms with Crippen molar-refractivity contribution in [1.29, 1.82) is 0 Å². The van der Waals surface area contributed by atoms with E-state index >= 15 is 0 Å². The fourth-order valence-electron chi connectivity index (χ4n) is 2.98. The van der Waals surface area contributed by atoms with Crippen LogP contribution in [0.1, 0.15) is 22.3 Å². The molecule has 1 saturated heterocycles. The molecule has 1 heterocycles. The molecule has 1 atom stereocenters. The Hall–Kier alpha value is -2.28. The molecule has 0 spiro atoms. The molecule has 1 aliphatic heterocycles. The molecule has 3 rings (SSSR count). The number of hydrogen-bond donors (Lipinski definition) is 0. The van der Waals surface area contributed by atoms with Crippen LogP contribution < -0.4 is 0 Å². The highest BCUT2D eigenvalue weighted by atomic mass is 32.2. The van der Waals surface area contributed by atoms with Crippen molar-refractivity contribution in [2.45, 2.75) is 19.0 Å². The lowest BCUT2D eigenvalue weighted by atomic mass is 10.1. The van der Waals surface area contributed by atoms with E-state index in [2.05, 4.69) is 0 Å². The maximum atomic E-state index is 13.4. The van der Waals surface area contributed by atoms with E-state index < -0.39 is 33.4 Å². The van der Waals surface area contributed by atoms with E-state index in [0.717, 1.165) is 0 Å². The average molecular weight is 365 g/mol. The van der Waals surface area contributed by atoms with Gasteiger partial charge in [-0.1, -0.05) is 12.1 Å².